The van der Waals surface area contributed by atoms with Gasteiger partial charge in [0.05, 0.1) is 5.56 Å². The summed E-state index contributed by atoms with van der Waals surface area (Å²) in [4.78, 5) is 15.7. The summed E-state index contributed by atoms with van der Waals surface area (Å²) in [6, 6.07) is 4.95. The van der Waals surface area contributed by atoms with E-state index in [4.69, 9.17) is 5.84 Å². The van der Waals surface area contributed by atoms with E-state index in [1.807, 2.05) is 0 Å². The van der Waals surface area contributed by atoms with E-state index in [-0.39, 0.29) is 5.91 Å². The van der Waals surface area contributed by atoms with Crippen LogP contribution in [0, 0.1) is 0 Å². The van der Waals surface area contributed by atoms with E-state index in [1.54, 1.807) is 36.1 Å². The van der Waals surface area contributed by atoms with Crippen molar-refractivity contribution in [1.29, 1.82) is 0 Å². The summed E-state index contributed by atoms with van der Waals surface area (Å²) < 4.78 is 1.61. The van der Waals surface area contributed by atoms with Gasteiger partial charge in [-0.2, -0.15) is 5.10 Å². The third-order valence-electron chi connectivity index (χ3n) is 2.13. The largest absolute Gasteiger partial charge is 0.308 e. The van der Waals surface area contributed by atoms with Crippen molar-refractivity contribution in [3.8, 4) is 0 Å². The Kier molecular flexibility index (Phi) is 3.01. The molecule has 7 heteroatoms. The molecule has 17 heavy (non-hydrogen) atoms. The van der Waals surface area contributed by atoms with Crippen molar-refractivity contribution in [3.63, 3.8) is 0 Å². The molecule has 88 valence electrons. The number of hydrogen-bond acceptors (Lipinski definition) is 5. The number of nitrogens with one attached hydrogen (secondary N) is 2. The Morgan fingerprint density at radius 3 is 2.71 bits per heavy atom. The molecule has 2 aromatic rings. The second-order valence-corrected chi connectivity index (χ2v) is 3.41. The number of anilines is 2. The van der Waals surface area contributed by atoms with Crippen molar-refractivity contribution in [2.45, 2.75) is 0 Å². The van der Waals surface area contributed by atoms with Crippen LogP contribution in [0.3, 0.4) is 0 Å². The predicted octanol–water partition coefficient (Wildman–Crippen LogP) is 0.353. The van der Waals surface area contributed by atoms with Crippen LogP contribution in [0.15, 0.2) is 30.6 Å². The molecular formula is C10H12N6O. The average Bonchev–Trinajstić information content (AvgIpc) is 2.75. The van der Waals surface area contributed by atoms with Gasteiger partial charge < -0.3 is 10.7 Å². The van der Waals surface area contributed by atoms with Crippen molar-refractivity contribution in [2.75, 3.05) is 10.7 Å². The molecule has 1 amide bonds. The number of aromatic nitrogens is 3. The summed E-state index contributed by atoms with van der Waals surface area (Å²) in [7, 11) is 1.78. The number of hydrogen-bond donors (Lipinski definition) is 3. The Balaban J connectivity index is 2.09. The molecule has 2 rings (SSSR count). The zero-order valence-electron chi connectivity index (χ0n) is 9.21. The smallest absolute Gasteiger partial charge is 0.258 e. The molecule has 0 aliphatic heterocycles. The quantitative estimate of drug-likeness (QED) is 0.524. The standard InChI is InChI=1S/C10H12N6O/c1-16-5-4-9(15-16)13-10(17)7-2-3-8(14-11)12-6-7/h2-6H,11H2,1H3,(H,12,14)(H,13,15,17). The van der Waals surface area contributed by atoms with Gasteiger partial charge in [0, 0.05) is 25.5 Å². The minimum atomic E-state index is -0.264. The van der Waals surface area contributed by atoms with E-state index in [9.17, 15) is 4.79 Å². The van der Waals surface area contributed by atoms with Gasteiger partial charge in [-0.15, -0.1) is 0 Å². The molecule has 0 atom stereocenters. The van der Waals surface area contributed by atoms with Gasteiger partial charge in [0.15, 0.2) is 5.82 Å². The zero-order chi connectivity index (χ0) is 12.3. The number of hydrazine groups is 1. The predicted molar refractivity (Wildman–Crippen MR) is 63.2 cm³/mol. The summed E-state index contributed by atoms with van der Waals surface area (Å²) >= 11 is 0. The number of aryl methyl sites for hydroxylation is 1. The molecule has 0 fully saturated rings. The Morgan fingerprint density at radius 2 is 2.18 bits per heavy atom. The fourth-order valence-corrected chi connectivity index (χ4v) is 1.28. The molecular weight excluding hydrogens is 220 g/mol. The summed E-state index contributed by atoms with van der Waals surface area (Å²) in [5.41, 5.74) is 2.83. The Hall–Kier alpha value is -2.41. The van der Waals surface area contributed by atoms with Gasteiger partial charge in [-0.05, 0) is 12.1 Å². The molecule has 0 aliphatic rings. The van der Waals surface area contributed by atoms with Gasteiger partial charge in [0.2, 0.25) is 0 Å². The molecule has 0 bridgehead atoms. The highest BCUT2D eigenvalue weighted by atomic mass is 16.1. The normalized spacial score (nSPS) is 10.0. The Bertz CT molecular complexity index is 518. The molecule has 4 N–H and O–H groups in total. The second kappa shape index (κ2) is 4.62. The first kappa shape index (κ1) is 11.1. The average molecular weight is 232 g/mol. The SMILES string of the molecule is Cn1ccc(NC(=O)c2ccc(NN)nc2)n1. The Labute approximate surface area is 97.6 Å². The number of nitrogen functional groups attached to an aromatic ring is 1. The van der Waals surface area contributed by atoms with Gasteiger partial charge in [0.25, 0.3) is 5.91 Å². The molecule has 7 nitrogen and oxygen atoms in total. The first-order valence-corrected chi connectivity index (χ1v) is 4.92. The van der Waals surface area contributed by atoms with Crippen LogP contribution < -0.4 is 16.6 Å². The molecule has 0 radical (unpaired) electrons. The van der Waals surface area contributed by atoms with Crippen LogP contribution in [0.25, 0.3) is 0 Å². The van der Waals surface area contributed by atoms with Crippen molar-refractivity contribution in [1.82, 2.24) is 14.8 Å². The first-order valence-electron chi connectivity index (χ1n) is 4.92. The van der Waals surface area contributed by atoms with Crippen LogP contribution in [-0.2, 0) is 7.05 Å². The highest BCUT2D eigenvalue weighted by Gasteiger charge is 2.07. The van der Waals surface area contributed by atoms with Crippen LogP contribution in [-0.4, -0.2) is 20.7 Å². The van der Waals surface area contributed by atoms with Gasteiger partial charge in [0.1, 0.15) is 5.82 Å². The van der Waals surface area contributed by atoms with Gasteiger partial charge in [-0.25, -0.2) is 10.8 Å². The highest BCUT2D eigenvalue weighted by molar-refractivity contribution is 6.03. The molecule has 0 spiro atoms. The molecule has 0 unspecified atom stereocenters. The minimum absolute atomic E-state index is 0.264. The lowest BCUT2D eigenvalue weighted by molar-refractivity contribution is 0.102. The van der Waals surface area contributed by atoms with Gasteiger partial charge >= 0.3 is 0 Å². The summed E-state index contributed by atoms with van der Waals surface area (Å²) in [5, 5.41) is 6.70. The monoisotopic (exact) mass is 232 g/mol. The number of pyridine rings is 1. The lowest BCUT2D eigenvalue weighted by Gasteiger charge is -2.02. The highest BCUT2D eigenvalue weighted by Crippen LogP contribution is 2.07. The first-order chi connectivity index (χ1) is 8.19. The van der Waals surface area contributed by atoms with E-state index in [0.717, 1.165) is 0 Å². The van der Waals surface area contributed by atoms with E-state index < -0.39 is 0 Å². The molecule has 2 heterocycles. The summed E-state index contributed by atoms with van der Waals surface area (Å²) in [6.45, 7) is 0. The summed E-state index contributed by atoms with van der Waals surface area (Å²) in [5.74, 6) is 5.91. The van der Waals surface area contributed by atoms with Crippen LogP contribution in [0.4, 0.5) is 11.6 Å². The van der Waals surface area contributed by atoms with Crippen LogP contribution in [0.2, 0.25) is 0 Å². The maximum absolute atomic E-state index is 11.8. The van der Waals surface area contributed by atoms with Crippen molar-refractivity contribution in [2.24, 2.45) is 12.9 Å². The van der Waals surface area contributed by atoms with Gasteiger partial charge in [-0.3, -0.25) is 9.48 Å². The number of carbonyl (C=O) groups excluding carboxylic acids is 1. The zero-order valence-corrected chi connectivity index (χ0v) is 9.21. The number of amides is 1. The fourth-order valence-electron chi connectivity index (χ4n) is 1.28. The number of rotatable bonds is 3. The summed E-state index contributed by atoms with van der Waals surface area (Å²) in [6.07, 6.45) is 3.18. The minimum Gasteiger partial charge on any atom is -0.308 e. The fraction of sp³-hybridized carbons (Fsp3) is 0.100. The third-order valence-corrected chi connectivity index (χ3v) is 2.13. The number of nitrogens with zero attached hydrogens (tertiary/aromatic N) is 3. The van der Waals surface area contributed by atoms with Crippen molar-refractivity contribution in [3.05, 3.63) is 36.2 Å². The second-order valence-electron chi connectivity index (χ2n) is 3.41. The van der Waals surface area contributed by atoms with Crippen LogP contribution in [0.1, 0.15) is 10.4 Å². The van der Waals surface area contributed by atoms with Gasteiger partial charge in [-0.1, -0.05) is 0 Å². The maximum atomic E-state index is 11.8. The molecule has 0 saturated heterocycles. The van der Waals surface area contributed by atoms with Crippen LogP contribution >= 0.6 is 0 Å². The number of carbonyl (C=O) groups is 1. The van der Waals surface area contributed by atoms with Crippen molar-refractivity contribution < 1.29 is 4.79 Å². The van der Waals surface area contributed by atoms with Crippen LogP contribution in [0.5, 0.6) is 0 Å². The lowest BCUT2D eigenvalue weighted by atomic mass is 10.2. The molecule has 0 aromatic carbocycles. The third kappa shape index (κ3) is 2.58. The molecule has 2 aromatic heterocycles. The van der Waals surface area contributed by atoms with E-state index in [1.165, 1.54) is 6.20 Å². The van der Waals surface area contributed by atoms with Crippen molar-refractivity contribution >= 4 is 17.5 Å². The molecule has 0 aliphatic carbocycles. The topological polar surface area (TPSA) is 97.9 Å². The van der Waals surface area contributed by atoms with E-state index in [2.05, 4.69) is 20.8 Å². The maximum Gasteiger partial charge on any atom is 0.258 e. The van der Waals surface area contributed by atoms with E-state index in [0.29, 0.717) is 17.2 Å². The Morgan fingerprint density at radius 1 is 1.35 bits per heavy atom. The van der Waals surface area contributed by atoms with E-state index >= 15 is 0 Å². The lowest BCUT2D eigenvalue weighted by Crippen LogP contribution is -2.14. The number of nitrogens with two attached hydrogens (primary N) is 1. The molecule has 0 saturated carbocycles.